The van der Waals surface area contributed by atoms with Crippen LogP contribution in [0.4, 0.5) is 0 Å². The first kappa shape index (κ1) is 12.0. The molecule has 19 heavy (non-hydrogen) atoms. The Kier molecular flexibility index (Phi) is 2.88. The molecule has 1 aromatic heterocycles. The van der Waals surface area contributed by atoms with Crippen molar-refractivity contribution in [1.82, 2.24) is 0 Å². The Morgan fingerprint density at radius 3 is 2.63 bits per heavy atom. The summed E-state index contributed by atoms with van der Waals surface area (Å²) in [6, 6.07) is 14.9. The van der Waals surface area contributed by atoms with Gasteiger partial charge in [0.15, 0.2) is 11.4 Å². The van der Waals surface area contributed by atoms with E-state index in [1.165, 1.54) is 0 Å². The second-order valence-electron chi connectivity index (χ2n) is 4.37. The number of para-hydroxylation sites is 1. The number of Topliss-reactive ketones (excluding diaryl/α,β-unsaturated/α-hetero) is 1. The number of furan rings is 1. The molecule has 0 unspecified atom stereocenters. The number of benzene rings is 2. The minimum atomic E-state index is 0.0159. The van der Waals surface area contributed by atoms with Crippen LogP contribution in [0.25, 0.3) is 22.3 Å². The Bertz CT molecular complexity index is 771. The zero-order valence-corrected chi connectivity index (χ0v) is 11.1. The Morgan fingerprint density at radius 2 is 1.89 bits per heavy atom. The van der Waals surface area contributed by atoms with Gasteiger partial charge in [-0.1, -0.05) is 48.0 Å². The third-order valence-electron chi connectivity index (χ3n) is 3.07. The van der Waals surface area contributed by atoms with E-state index in [0.717, 1.165) is 10.9 Å². The van der Waals surface area contributed by atoms with E-state index in [4.69, 9.17) is 16.0 Å². The average molecular weight is 271 g/mol. The highest BCUT2D eigenvalue weighted by Crippen LogP contribution is 2.33. The van der Waals surface area contributed by atoms with Gasteiger partial charge in [-0.25, -0.2) is 0 Å². The number of fused-ring (bicyclic) bond motifs is 1. The Hall–Kier alpha value is -2.06. The molecule has 0 saturated heterocycles. The molecule has 0 aliphatic carbocycles. The van der Waals surface area contributed by atoms with Gasteiger partial charge in [-0.2, -0.15) is 0 Å². The summed E-state index contributed by atoms with van der Waals surface area (Å²) in [4.78, 5) is 11.7. The molecule has 0 bridgehead atoms. The monoisotopic (exact) mass is 270 g/mol. The van der Waals surface area contributed by atoms with Crippen LogP contribution in [0.3, 0.4) is 0 Å². The summed E-state index contributed by atoms with van der Waals surface area (Å²) >= 11 is 6.10. The fraction of sp³-hybridized carbons (Fsp3) is 0.0625. The highest BCUT2D eigenvalue weighted by atomic mass is 35.5. The molecule has 0 spiro atoms. The van der Waals surface area contributed by atoms with E-state index in [-0.39, 0.29) is 5.78 Å². The molecule has 2 nitrogen and oxygen atoms in total. The van der Waals surface area contributed by atoms with Gasteiger partial charge in [0.05, 0.1) is 5.02 Å². The maximum atomic E-state index is 11.7. The SMILES string of the molecule is CC(=O)c1ccccc1-c1cc2cccc(Cl)c2o1. The summed E-state index contributed by atoms with van der Waals surface area (Å²) in [6.45, 7) is 1.55. The van der Waals surface area contributed by atoms with Crippen molar-refractivity contribution in [2.45, 2.75) is 6.92 Å². The van der Waals surface area contributed by atoms with Crippen LogP contribution in [-0.4, -0.2) is 5.78 Å². The second kappa shape index (κ2) is 4.56. The molecule has 0 N–H and O–H groups in total. The van der Waals surface area contributed by atoms with E-state index in [1.807, 2.05) is 36.4 Å². The van der Waals surface area contributed by atoms with Crippen LogP contribution < -0.4 is 0 Å². The minimum Gasteiger partial charge on any atom is -0.454 e. The van der Waals surface area contributed by atoms with E-state index in [1.54, 1.807) is 19.1 Å². The van der Waals surface area contributed by atoms with Crippen LogP contribution >= 0.6 is 11.6 Å². The number of hydrogen-bond acceptors (Lipinski definition) is 2. The summed E-state index contributed by atoms with van der Waals surface area (Å²) in [5.41, 5.74) is 2.09. The summed E-state index contributed by atoms with van der Waals surface area (Å²) < 4.78 is 5.79. The highest BCUT2D eigenvalue weighted by Gasteiger charge is 2.13. The first-order valence-electron chi connectivity index (χ1n) is 5.95. The van der Waals surface area contributed by atoms with Gasteiger partial charge in [0.1, 0.15) is 5.76 Å². The lowest BCUT2D eigenvalue weighted by molar-refractivity contribution is 0.101. The van der Waals surface area contributed by atoms with Gasteiger partial charge in [-0.3, -0.25) is 4.79 Å². The van der Waals surface area contributed by atoms with Crippen LogP contribution in [0.5, 0.6) is 0 Å². The summed E-state index contributed by atoms with van der Waals surface area (Å²) in [6.07, 6.45) is 0. The van der Waals surface area contributed by atoms with Crippen molar-refractivity contribution in [3.63, 3.8) is 0 Å². The molecule has 3 aromatic rings. The van der Waals surface area contributed by atoms with E-state index < -0.39 is 0 Å². The van der Waals surface area contributed by atoms with E-state index in [2.05, 4.69) is 0 Å². The maximum Gasteiger partial charge on any atom is 0.160 e. The van der Waals surface area contributed by atoms with Crippen LogP contribution in [-0.2, 0) is 0 Å². The first-order valence-corrected chi connectivity index (χ1v) is 6.33. The molecule has 0 aliphatic rings. The third-order valence-corrected chi connectivity index (χ3v) is 3.37. The molecular weight excluding hydrogens is 260 g/mol. The highest BCUT2D eigenvalue weighted by molar-refractivity contribution is 6.34. The van der Waals surface area contributed by atoms with Crippen LogP contribution in [0.15, 0.2) is 52.9 Å². The Morgan fingerprint density at radius 1 is 1.11 bits per heavy atom. The van der Waals surface area contributed by atoms with Gasteiger partial charge in [0, 0.05) is 16.5 Å². The van der Waals surface area contributed by atoms with Crippen molar-refractivity contribution >= 4 is 28.4 Å². The zero-order chi connectivity index (χ0) is 13.4. The molecule has 2 aromatic carbocycles. The normalized spacial score (nSPS) is 10.8. The van der Waals surface area contributed by atoms with Crippen molar-refractivity contribution < 1.29 is 9.21 Å². The summed E-state index contributed by atoms with van der Waals surface area (Å²) in [5.74, 6) is 0.677. The first-order chi connectivity index (χ1) is 9.16. The largest absolute Gasteiger partial charge is 0.454 e. The number of rotatable bonds is 2. The van der Waals surface area contributed by atoms with Crippen LogP contribution in [0, 0.1) is 0 Å². The van der Waals surface area contributed by atoms with Crippen molar-refractivity contribution in [3.8, 4) is 11.3 Å². The molecule has 0 radical (unpaired) electrons. The lowest BCUT2D eigenvalue weighted by Crippen LogP contribution is -1.94. The number of halogens is 1. The molecule has 0 amide bonds. The molecule has 0 fully saturated rings. The number of carbonyl (C=O) groups excluding carboxylic acids is 1. The predicted octanol–water partition coefficient (Wildman–Crippen LogP) is 4.96. The number of hydrogen-bond donors (Lipinski definition) is 0. The topological polar surface area (TPSA) is 30.2 Å². The lowest BCUT2D eigenvalue weighted by atomic mass is 10.0. The molecule has 0 saturated carbocycles. The van der Waals surface area contributed by atoms with Crippen LogP contribution in [0.1, 0.15) is 17.3 Å². The van der Waals surface area contributed by atoms with Crippen LogP contribution in [0.2, 0.25) is 5.02 Å². The van der Waals surface area contributed by atoms with Crippen molar-refractivity contribution in [2.24, 2.45) is 0 Å². The molecule has 3 rings (SSSR count). The average Bonchev–Trinajstić information content (AvgIpc) is 2.84. The van der Waals surface area contributed by atoms with Crippen molar-refractivity contribution in [3.05, 3.63) is 59.1 Å². The van der Waals surface area contributed by atoms with Gasteiger partial charge in [-0.05, 0) is 19.1 Å². The third kappa shape index (κ3) is 2.04. The van der Waals surface area contributed by atoms with Gasteiger partial charge in [0.25, 0.3) is 0 Å². The van der Waals surface area contributed by atoms with Gasteiger partial charge in [0.2, 0.25) is 0 Å². The molecule has 3 heteroatoms. The fourth-order valence-electron chi connectivity index (χ4n) is 2.17. The van der Waals surface area contributed by atoms with E-state index in [0.29, 0.717) is 21.9 Å². The molecule has 1 heterocycles. The molecule has 0 atom stereocenters. The minimum absolute atomic E-state index is 0.0159. The Balaban J connectivity index is 2.25. The maximum absolute atomic E-state index is 11.7. The number of carbonyl (C=O) groups is 1. The van der Waals surface area contributed by atoms with Gasteiger partial charge in [-0.15, -0.1) is 0 Å². The lowest BCUT2D eigenvalue weighted by Gasteiger charge is -2.02. The summed E-state index contributed by atoms with van der Waals surface area (Å²) in [5, 5.41) is 1.50. The fourth-order valence-corrected chi connectivity index (χ4v) is 2.39. The Labute approximate surface area is 115 Å². The molecule has 94 valence electrons. The smallest absolute Gasteiger partial charge is 0.160 e. The van der Waals surface area contributed by atoms with Gasteiger partial charge >= 0.3 is 0 Å². The molecule has 0 aliphatic heterocycles. The standard InChI is InChI=1S/C16H11ClO2/c1-10(18)12-6-2-3-7-13(12)15-9-11-5-4-8-14(17)16(11)19-15/h2-9H,1H3. The van der Waals surface area contributed by atoms with E-state index in [9.17, 15) is 4.79 Å². The quantitative estimate of drug-likeness (QED) is 0.616. The zero-order valence-electron chi connectivity index (χ0n) is 10.3. The summed E-state index contributed by atoms with van der Waals surface area (Å²) in [7, 11) is 0. The molecular formula is C16H11ClO2. The number of ketones is 1. The van der Waals surface area contributed by atoms with Crippen molar-refractivity contribution in [2.75, 3.05) is 0 Å². The predicted molar refractivity (Wildman–Crippen MR) is 76.7 cm³/mol. The van der Waals surface area contributed by atoms with E-state index >= 15 is 0 Å². The van der Waals surface area contributed by atoms with Gasteiger partial charge < -0.3 is 4.42 Å². The second-order valence-corrected chi connectivity index (χ2v) is 4.78. The van der Waals surface area contributed by atoms with Crippen molar-refractivity contribution in [1.29, 1.82) is 0 Å².